The minimum atomic E-state index is -0.638. The van der Waals surface area contributed by atoms with E-state index >= 15 is 0 Å². The summed E-state index contributed by atoms with van der Waals surface area (Å²) in [5.41, 5.74) is 11.5. The van der Waals surface area contributed by atoms with Gasteiger partial charge in [0.2, 0.25) is 17.5 Å². The van der Waals surface area contributed by atoms with Crippen LogP contribution in [0.1, 0.15) is 5.56 Å². The number of carbonyl (C=O) groups is 1. The van der Waals surface area contributed by atoms with Gasteiger partial charge in [-0.05, 0) is 17.7 Å². The summed E-state index contributed by atoms with van der Waals surface area (Å²) in [6, 6.07) is 18.1. The highest BCUT2D eigenvalue weighted by Gasteiger charge is 2.23. The summed E-state index contributed by atoms with van der Waals surface area (Å²) in [4.78, 5) is 30.6. The number of benzene rings is 2. The van der Waals surface area contributed by atoms with Crippen LogP contribution in [0.3, 0.4) is 0 Å². The fraction of sp³-hybridized carbons (Fsp3) is 0.0556. The van der Waals surface area contributed by atoms with Crippen molar-refractivity contribution >= 4 is 28.9 Å². The van der Waals surface area contributed by atoms with E-state index in [4.69, 9.17) is 0 Å². The van der Waals surface area contributed by atoms with Gasteiger partial charge in [-0.25, -0.2) is 9.97 Å². The first-order chi connectivity index (χ1) is 13.6. The van der Waals surface area contributed by atoms with Gasteiger partial charge in [0.15, 0.2) is 0 Å². The van der Waals surface area contributed by atoms with Gasteiger partial charge in [0.25, 0.3) is 0 Å². The number of carbonyl (C=O) groups excluding carboxylic acids is 1. The fourth-order valence-corrected chi connectivity index (χ4v) is 2.34. The van der Waals surface area contributed by atoms with E-state index in [0.717, 1.165) is 11.9 Å². The third-order valence-electron chi connectivity index (χ3n) is 3.63. The molecule has 3 rings (SSSR count). The first kappa shape index (κ1) is 18.6. The third kappa shape index (κ3) is 4.91. The molecular weight excluding hydrogens is 362 g/mol. The molecule has 0 saturated carbocycles. The molecule has 2 aromatic carbocycles. The van der Waals surface area contributed by atoms with E-state index in [-0.39, 0.29) is 24.0 Å². The number of aromatic nitrogens is 2. The van der Waals surface area contributed by atoms with E-state index in [0.29, 0.717) is 5.69 Å². The summed E-state index contributed by atoms with van der Waals surface area (Å²) < 4.78 is 0. The lowest BCUT2D eigenvalue weighted by Gasteiger charge is -2.12. The minimum absolute atomic E-state index is 0.0522. The average molecular weight is 379 g/mol. The van der Waals surface area contributed by atoms with E-state index in [1.54, 1.807) is 12.1 Å². The Kier molecular flexibility index (Phi) is 5.93. The molecule has 0 aliphatic rings. The molecule has 0 bridgehead atoms. The maximum absolute atomic E-state index is 12.0. The van der Waals surface area contributed by atoms with Crippen molar-refractivity contribution in [3.8, 4) is 0 Å². The molecule has 0 radical (unpaired) electrons. The third-order valence-corrected chi connectivity index (χ3v) is 3.63. The van der Waals surface area contributed by atoms with Crippen molar-refractivity contribution in [3.05, 3.63) is 82.7 Å². The standard InChI is InChI=1S/C18H17N7O3/c26-15(11-13-7-3-1-4-8-13)22-24-18-16(25(27)28)17(19-12-20-18)23-21-14-9-5-2-6-10-14/h1-10,12,21H,11H2,(H,22,26)(H2,19,20,23,24). The molecule has 1 amide bonds. The number of nitrogens with zero attached hydrogens (tertiary/aromatic N) is 3. The fourth-order valence-electron chi connectivity index (χ4n) is 2.34. The molecule has 1 aromatic heterocycles. The van der Waals surface area contributed by atoms with Gasteiger partial charge in [0.1, 0.15) is 6.33 Å². The van der Waals surface area contributed by atoms with Crippen LogP contribution in [0.4, 0.5) is 23.0 Å². The second-order valence-corrected chi connectivity index (χ2v) is 5.63. The molecular formula is C18H17N7O3. The Balaban J connectivity index is 1.68. The van der Waals surface area contributed by atoms with Gasteiger partial charge >= 0.3 is 5.69 Å². The lowest BCUT2D eigenvalue weighted by molar-refractivity contribution is -0.383. The molecule has 1 heterocycles. The highest BCUT2D eigenvalue weighted by molar-refractivity contribution is 5.81. The molecule has 0 spiro atoms. The van der Waals surface area contributed by atoms with Gasteiger partial charge in [-0.15, -0.1) is 0 Å². The van der Waals surface area contributed by atoms with Gasteiger partial charge < -0.3 is 0 Å². The van der Waals surface area contributed by atoms with Crippen LogP contribution in [0.25, 0.3) is 0 Å². The van der Waals surface area contributed by atoms with Gasteiger partial charge in [-0.3, -0.25) is 36.6 Å². The van der Waals surface area contributed by atoms with Crippen LogP contribution < -0.4 is 21.7 Å². The molecule has 3 aromatic rings. The molecule has 0 saturated heterocycles. The van der Waals surface area contributed by atoms with Crippen LogP contribution in [0.5, 0.6) is 0 Å². The number of nitro groups is 1. The Morgan fingerprint density at radius 1 is 0.893 bits per heavy atom. The smallest absolute Gasteiger partial charge is 0.299 e. The van der Waals surface area contributed by atoms with Crippen LogP contribution in [0.15, 0.2) is 67.0 Å². The number of rotatable bonds is 8. The van der Waals surface area contributed by atoms with Gasteiger partial charge in [-0.1, -0.05) is 48.5 Å². The first-order valence-corrected chi connectivity index (χ1v) is 8.28. The van der Waals surface area contributed by atoms with Crippen molar-refractivity contribution in [1.29, 1.82) is 0 Å². The zero-order valence-corrected chi connectivity index (χ0v) is 14.6. The van der Waals surface area contributed by atoms with Crippen molar-refractivity contribution in [2.24, 2.45) is 0 Å². The second kappa shape index (κ2) is 8.94. The van der Waals surface area contributed by atoms with Crippen LogP contribution >= 0.6 is 0 Å². The van der Waals surface area contributed by atoms with Crippen LogP contribution in [-0.4, -0.2) is 20.8 Å². The highest BCUT2D eigenvalue weighted by atomic mass is 16.6. The van der Waals surface area contributed by atoms with Crippen LogP contribution in [-0.2, 0) is 11.2 Å². The number of nitrogens with one attached hydrogen (secondary N) is 4. The van der Waals surface area contributed by atoms with E-state index in [1.165, 1.54) is 0 Å². The Morgan fingerprint density at radius 2 is 1.50 bits per heavy atom. The molecule has 10 heteroatoms. The van der Waals surface area contributed by atoms with Crippen molar-refractivity contribution in [1.82, 2.24) is 15.4 Å². The van der Waals surface area contributed by atoms with Crippen molar-refractivity contribution in [3.63, 3.8) is 0 Å². The molecule has 0 fully saturated rings. The Hall–Kier alpha value is -4.21. The minimum Gasteiger partial charge on any atom is -0.299 e. The number of anilines is 3. The number of hydrogen-bond donors (Lipinski definition) is 4. The van der Waals surface area contributed by atoms with Crippen molar-refractivity contribution < 1.29 is 9.72 Å². The summed E-state index contributed by atoms with van der Waals surface area (Å²) in [6.07, 6.45) is 1.26. The predicted molar refractivity (Wildman–Crippen MR) is 104 cm³/mol. The highest BCUT2D eigenvalue weighted by Crippen LogP contribution is 2.28. The molecule has 0 aliphatic carbocycles. The largest absolute Gasteiger partial charge is 0.356 e. The topological polar surface area (TPSA) is 134 Å². The zero-order chi connectivity index (χ0) is 19.8. The van der Waals surface area contributed by atoms with E-state index in [1.807, 2.05) is 48.5 Å². The maximum atomic E-state index is 12.0. The summed E-state index contributed by atoms with van der Waals surface area (Å²) in [6.45, 7) is 0. The van der Waals surface area contributed by atoms with Gasteiger partial charge in [-0.2, -0.15) is 0 Å². The first-order valence-electron chi connectivity index (χ1n) is 8.28. The predicted octanol–water partition coefficient (Wildman–Crippen LogP) is 2.51. The molecule has 10 nitrogen and oxygen atoms in total. The Bertz CT molecular complexity index is 952. The van der Waals surface area contributed by atoms with E-state index < -0.39 is 10.6 Å². The maximum Gasteiger partial charge on any atom is 0.356 e. The molecule has 0 aliphatic heterocycles. The molecule has 0 unspecified atom stereocenters. The number of hydrazine groups is 2. The number of amides is 1. The molecule has 28 heavy (non-hydrogen) atoms. The lowest BCUT2D eigenvalue weighted by Crippen LogP contribution is -2.31. The van der Waals surface area contributed by atoms with Gasteiger partial charge in [0.05, 0.1) is 17.0 Å². The quantitative estimate of drug-likeness (QED) is 0.346. The average Bonchev–Trinajstić information content (AvgIpc) is 2.72. The summed E-state index contributed by atoms with van der Waals surface area (Å²) >= 11 is 0. The Labute approximate surface area is 160 Å². The summed E-state index contributed by atoms with van der Waals surface area (Å²) in [5.74, 6) is -0.557. The molecule has 142 valence electrons. The lowest BCUT2D eigenvalue weighted by atomic mass is 10.1. The monoisotopic (exact) mass is 379 g/mol. The second-order valence-electron chi connectivity index (χ2n) is 5.63. The summed E-state index contributed by atoms with van der Waals surface area (Å²) in [5, 5.41) is 11.5. The molecule has 0 atom stereocenters. The molecule has 4 N–H and O–H groups in total. The van der Waals surface area contributed by atoms with Crippen LogP contribution in [0, 0.1) is 10.1 Å². The van der Waals surface area contributed by atoms with E-state index in [9.17, 15) is 14.9 Å². The van der Waals surface area contributed by atoms with Gasteiger partial charge in [0, 0.05) is 0 Å². The van der Waals surface area contributed by atoms with Crippen molar-refractivity contribution in [2.75, 3.05) is 16.3 Å². The van der Waals surface area contributed by atoms with Crippen LogP contribution in [0.2, 0.25) is 0 Å². The Morgan fingerprint density at radius 3 is 2.14 bits per heavy atom. The number of hydrogen-bond acceptors (Lipinski definition) is 8. The summed E-state index contributed by atoms with van der Waals surface area (Å²) in [7, 11) is 0. The number of para-hydroxylation sites is 1. The van der Waals surface area contributed by atoms with E-state index in [2.05, 4.69) is 31.7 Å². The van der Waals surface area contributed by atoms with Crippen molar-refractivity contribution in [2.45, 2.75) is 6.42 Å². The normalized spacial score (nSPS) is 10.0. The SMILES string of the molecule is O=C(Cc1ccccc1)NNc1ncnc(NNc2ccccc2)c1[N+](=O)[O-]. The zero-order valence-electron chi connectivity index (χ0n) is 14.6.